The Balaban J connectivity index is 2.93. The van der Waals surface area contributed by atoms with Crippen LogP contribution in [0.3, 0.4) is 0 Å². The second kappa shape index (κ2) is 6.18. The number of hydrogen-bond acceptors (Lipinski definition) is 4. The van der Waals surface area contributed by atoms with Gasteiger partial charge < -0.3 is 15.2 Å². The number of aliphatic carboxylic acids is 1. The first-order chi connectivity index (χ1) is 9.20. The SMILES string of the molecule is CC(C)(C)OC(=O)NC(C(=O)C(=O)O)c1ccccc1. The minimum absolute atomic E-state index is 0.380. The quantitative estimate of drug-likeness (QED) is 0.821. The third-order valence-corrected chi connectivity index (χ3v) is 2.27. The van der Waals surface area contributed by atoms with Crippen molar-refractivity contribution >= 4 is 17.8 Å². The maximum Gasteiger partial charge on any atom is 0.408 e. The monoisotopic (exact) mass is 279 g/mol. The Morgan fingerprint density at radius 1 is 1.15 bits per heavy atom. The van der Waals surface area contributed by atoms with Gasteiger partial charge in [-0.2, -0.15) is 0 Å². The Hall–Kier alpha value is -2.37. The van der Waals surface area contributed by atoms with Crippen LogP contribution in [-0.2, 0) is 14.3 Å². The van der Waals surface area contributed by atoms with Gasteiger partial charge in [0.25, 0.3) is 5.78 Å². The second-order valence-electron chi connectivity index (χ2n) is 5.16. The molecule has 0 saturated carbocycles. The van der Waals surface area contributed by atoms with Gasteiger partial charge in [0.2, 0.25) is 0 Å². The minimum Gasteiger partial charge on any atom is -0.475 e. The molecule has 1 amide bonds. The van der Waals surface area contributed by atoms with Gasteiger partial charge in [0.05, 0.1) is 0 Å². The summed E-state index contributed by atoms with van der Waals surface area (Å²) >= 11 is 0. The van der Waals surface area contributed by atoms with Crippen LogP contribution >= 0.6 is 0 Å². The molecule has 2 N–H and O–H groups in total. The standard InChI is InChI=1S/C14H17NO5/c1-14(2,3)20-13(19)15-10(11(16)12(17)18)9-7-5-4-6-8-9/h4-8,10H,1-3H3,(H,15,19)(H,17,18). The first-order valence-electron chi connectivity index (χ1n) is 6.02. The molecule has 20 heavy (non-hydrogen) atoms. The van der Waals surface area contributed by atoms with Gasteiger partial charge in [0.1, 0.15) is 11.6 Å². The summed E-state index contributed by atoms with van der Waals surface area (Å²) in [6, 6.07) is 6.86. The molecule has 0 saturated heterocycles. The summed E-state index contributed by atoms with van der Waals surface area (Å²) in [4.78, 5) is 34.2. The molecule has 0 aromatic heterocycles. The number of amides is 1. The molecular formula is C14H17NO5. The second-order valence-corrected chi connectivity index (χ2v) is 5.16. The fourth-order valence-electron chi connectivity index (χ4n) is 1.49. The smallest absolute Gasteiger partial charge is 0.408 e. The molecule has 0 heterocycles. The van der Waals surface area contributed by atoms with E-state index in [0.29, 0.717) is 5.56 Å². The molecule has 108 valence electrons. The maximum absolute atomic E-state index is 11.7. The number of alkyl carbamates (subject to hydrolysis) is 1. The van der Waals surface area contributed by atoms with E-state index in [4.69, 9.17) is 9.84 Å². The largest absolute Gasteiger partial charge is 0.475 e. The summed E-state index contributed by atoms with van der Waals surface area (Å²) in [5, 5.41) is 11.1. The van der Waals surface area contributed by atoms with Crippen molar-refractivity contribution < 1.29 is 24.2 Å². The summed E-state index contributed by atoms with van der Waals surface area (Å²) < 4.78 is 5.02. The van der Waals surface area contributed by atoms with E-state index in [0.717, 1.165) is 0 Å². The van der Waals surface area contributed by atoms with Crippen LogP contribution in [0.15, 0.2) is 30.3 Å². The van der Waals surface area contributed by atoms with Crippen LogP contribution in [-0.4, -0.2) is 28.6 Å². The van der Waals surface area contributed by atoms with Gasteiger partial charge in [0, 0.05) is 0 Å². The van der Waals surface area contributed by atoms with E-state index in [1.165, 1.54) is 0 Å². The van der Waals surface area contributed by atoms with Gasteiger partial charge in [-0.3, -0.25) is 4.79 Å². The molecule has 1 aromatic carbocycles. The molecule has 0 bridgehead atoms. The number of Topliss-reactive ketones (excluding diaryl/α,β-unsaturated/α-hetero) is 1. The van der Waals surface area contributed by atoms with Crippen molar-refractivity contribution in [3.05, 3.63) is 35.9 Å². The van der Waals surface area contributed by atoms with Crippen molar-refractivity contribution in [2.45, 2.75) is 32.4 Å². The lowest BCUT2D eigenvalue weighted by atomic mass is 10.0. The zero-order valence-corrected chi connectivity index (χ0v) is 11.5. The lowest BCUT2D eigenvalue weighted by Gasteiger charge is -2.22. The van der Waals surface area contributed by atoms with E-state index >= 15 is 0 Å². The Morgan fingerprint density at radius 2 is 1.70 bits per heavy atom. The molecular weight excluding hydrogens is 262 g/mol. The summed E-state index contributed by atoms with van der Waals surface area (Å²) in [6.07, 6.45) is -0.846. The van der Waals surface area contributed by atoms with Crippen LogP contribution in [0.1, 0.15) is 32.4 Å². The number of rotatable bonds is 4. The maximum atomic E-state index is 11.7. The number of carbonyl (C=O) groups is 3. The zero-order valence-electron chi connectivity index (χ0n) is 11.5. The van der Waals surface area contributed by atoms with Crippen molar-refractivity contribution in [3.63, 3.8) is 0 Å². The average molecular weight is 279 g/mol. The fourth-order valence-corrected chi connectivity index (χ4v) is 1.49. The predicted octanol–water partition coefficient (Wildman–Crippen LogP) is 1.91. The molecule has 1 aromatic rings. The van der Waals surface area contributed by atoms with Gasteiger partial charge in [-0.05, 0) is 26.3 Å². The lowest BCUT2D eigenvalue weighted by molar-refractivity contribution is -0.150. The summed E-state index contributed by atoms with van der Waals surface area (Å²) in [7, 11) is 0. The minimum atomic E-state index is -1.62. The topological polar surface area (TPSA) is 92.7 Å². The van der Waals surface area contributed by atoms with Crippen LogP contribution in [0.2, 0.25) is 0 Å². The third-order valence-electron chi connectivity index (χ3n) is 2.27. The van der Waals surface area contributed by atoms with Gasteiger partial charge in [0.15, 0.2) is 0 Å². The Labute approximate surface area is 116 Å². The molecule has 0 aliphatic heterocycles. The van der Waals surface area contributed by atoms with Crippen molar-refractivity contribution in [1.82, 2.24) is 5.32 Å². The van der Waals surface area contributed by atoms with E-state index in [1.54, 1.807) is 51.1 Å². The third kappa shape index (κ3) is 4.72. The van der Waals surface area contributed by atoms with Gasteiger partial charge in [-0.15, -0.1) is 0 Å². The van der Waals surface area contributed by atoms with Crippen molar-refractivity contribution in [1.29, 1.82) is 0 Å². The van der Waals surface area contributed by atoms with Crippen molar-refractivity contribution in [2.24, 2.45) is 0 Å². The van der Waals surface area contributed by atoms with Crippen LogP contribution in [0.5, 0.6) is 0 Å². The van der Waals surface area contributed by atoms with Gasteiger partial charge >= 0.3 is 12.1 Å². The number of nitrogens with one attached hydrogen (secondary N) is 1. The molecule has 0 radical (unpaired) electrons. The fraction of sp³-hybridized carbons (Fsp3) is 0.357. The highest BCUT2D eigenvalue weighted by Gasteiger charge is 2.29. The Morgan fingerprint density at radius 3 is 2.15 bits per heavy atom. The molecule has 6 nitrogen and oxygen atoms in total. The van der Waals surface area contributed by atoms with E-state index in [9.17, 15) is 14.4 Å². The van der Waals surface area contributed by atoms with Crippen LogP contribution in [0.25, 0.3) is 0 Å². The van der Waals surface area contributed by atoms with Crippen molar-refractivity contribution in [2.75, 3.05) is 0 Å². The first-order valence-corrected chi connectivity index (χ1v) is 6.02. The lowest BCUT2D eigenvalue weighted by Crippen LogP contribution is -2.40. The summed E-state index contributed by atoms with van der Waals surface area (Å²) in [5.41, 5.74) is -0.358. The molecule has 1 unspecified atom stereocenters. The summed E-state index contributed by atoms with van der Waals surface area (Å²) in [6.45, 7) is 5.01. The van der Waals surface area contributed by atoms with E-state index in [-0.39, 0.29) is 0 Å². The van der Waals surface area contributed by atoms with E-state index in [2.05, 4.69) is 5.32 Å². The highest BCUT2D eigenvalue weighted by molar-refractivity contribution is 6.35. The number of carboxylic acids is 1. The molecule has 1 atom stereocenters. The predicted molar refractivity (Wildman–Crippen MR) is 71.2 cm³/mol. The number of ether oxygens (including phenoxy) is 1. The molecule has 0 aliphatic rings. The molecule has 6 heteroatoms. The van der Waals surface area contributed by atoms with Crippen LogP contribution < -0.4 is 5.32 Å². The van der Waals surface area contributed by atoms with Crippen molar-refractivity contribution in [3.8, 4) is 0 Å². The number of hydrogen-bond donors (Lipinski definition) is 2. The Bertz CT molecular complexity index is 504. The van der Waals surface area contributed by atoms with Gasteiger partial charge in [-0.25, -0.2) is 9.59 Å². The first kappa shape index (κ1) is 15.7. The van der Waals surface area contributed by atoms with Gasteiger partial charge in [-0.1, -0.05) is 30.3 Å². The van der Waals surface area contributed by atoms with E-state index in [1.807, 2.05) is 0 Å². The van der Waals surface area contributed by atoms with Crippen LogP contribution in [0.4, 0.5) is 4.79 Å². The average Bonchev–Trinajstić information content (AvgIpc) is 2.34. The van der Waals surface area contributed by atoms with E-state index < -0.39 is 29.5 Å². The molecule has 1 rings (SSSR count). The Kier molecular flexibility index (Phi) is 4.85. The summed E-state index contributed by atoms with van der Waals surface area (Å²) in [5.74, 6) is -2.74. The molecule has 0 spiro atoms. The molecule has 0 aliphatic carbocycles. The van der Waals surface area contributed by atoms with Crippen LogP contribution in [0, 0.1) is 0 Å². The number of carbonyl (C=O) groups excluding carboxylic acids is 2. The number of benzene rings is 1. The zero-order chi connectivity index (χ0) is 15.3. The normalized spacial score (nSPS) is 12.3. The molecule has 0 fully saturated rings. The number of ketones is 1. The highest BCUT2D eigenvalue weighted by atomic mass is 16.6. The number of carboxylic acid groups (broad SMARTS) is 1. The highest BCUT2D eigenvalue weighted by Crippen LogP contribution is 2.15.